The van der Waals surface area contributed by atoms with E-state index in [2.05, 4.69) is 5.32 Å². The van der Waals surface area contributed by atoms with Crippen LogP contribution in [0.2, 0.25) is 0 Å². The molecule has 0 bridgehead atoms. The van der Waals surface area contributed by atoms with Crippen molar-refractivity contribution in [2.75, 3.05) is 6.54 Å². The molecule has 0 atom stereocenters. The number of carbonyl (C=O) groups is 1. The topological polar surface area (TPSA) is 98.3 Å². The van der Waals surface area contributed by atoms with Gasteiger partial charge < -0.3 is 11.1 Å². The maximum absolute atomic E-state index is 11.7. The van der Waals surface area contributed by atoms with Crippen molar-refractivity contribution < 1.29 is 9.72 Å². The molecule has 3 N–H and O–H groups in total. The lowest BCUT2D eigenvalue weighted by Crippen LogP contribution is -2.22. The summed E-state index contributed by atoms with van der Waals surface area (Å²) in [4.78, 5) is 22.2. The Bertz CT molecular complexity index is 489. The lowest BCUT2D eigenvalue weighted by atomic mass is 10.1. The Hall–Kier alpha value is -1.95. The zero-order valence-corrected chi connectivity index (χ0v) is 12.4. The minimum absolute atomic E-state index is 0.0198. The molecular formula is C15H23N3O3. The van der Waals surface area contributed by atoms with E-state index in [4.69, 9.17) is 5.73 Å². The number of hydrogen-bond acceptors (Lipinski definition) is 4. The molecule has 6 nitrogen and oxygen atoms in total. The number of unbranched alkanes of at least 4 members (excludes halogenated alkanes) is 3. The van der Waals surface area contributed by atoms with E-state index in [1.807, 2.05) is 0 Å². The van der Waals surface area contributed by atoms with Gasteiger partial charge in [0, 0.05) is 24.6 Å². The molecule has 0 radical (unpaired) electrons. The molecule has 0 fully saturated rings. The third-order valence-corrected chi connectivity index (χ3v) is 3.45. The highest BCUT2D eigenvalue weighted by atomic mass is 16.6. The number of hydrogen-bond donors (Lipinski definition) is 2. The standard InChI is InChI=1S/C15H23N3O3/c1-12-13(7-6-8-14(12)18(20)21)11-17-15(19)9-4-2-3-5-10-16/h6-8H,2-5,9-11,16H2,1H3,(H,17,19). The fraction of sp³-hybridized carbons (Fsp3) is 0.533. The number of rotatable bonds is 9. The molecule has 1 rings (SSSR count). The molecule has 0 heterocycles. The predicted octanol–water partition coefficient (Wildman–Crippen LogP) is 2.43. The van der Waals surface area contributed by atoms with Gasteiger partial charge in [0.15, 0.2) is 0 Å². The first-order chi connectivity index (χ1) is 10.1. The van der Waals surface area contributed by atoms with Gasteiger partial charge in [0.2, 0.25) is 5.91 Å². The Kier molecular flexibility index (Phi) is 7.39. The first-order valence-corrected chi connectivity index (χ1v) is 7.26. The third kappa shape index (κ3) is 5.91. The molecule has 0 spiro atoms. The van der Waals surface area contributed by atoms with Crippen molar-refractivity contribution in [3.05, 3.63) is 39.4 Å². The molecule has 116 valence electrons. The van der Waals surface area contributed by atoms with Crippen LogP contribution in [0.5, 0.6) is 0 Å². The van der Waals surface area contributed by atoms with Crippen LogP contribution in [0.25, 0.3) is 0 Å². The zero-order chi connectivity index (χ0) is 15.7. The van der Waals surface area contributed by atoms with Crippen molar-refractivity contribution in [2.45, 2.75) is 45.6 Å². The van der Waals surface area contributed by atoms with Crippen LogP contribution in [-0.4, -0.2) is 17.4 Å². The summed E-state index contributed by atoms with van der Waals surface area (Å²) in [7, 11) is 0. The molecule has 21 heavy (non-hydrogen) atoms. The summed E-state index contributed by atoms with van der Waals surface area (Å²) < 4.78 is 0. The Morgan fingerprint density at radius 2 is 2.00 bits per heavy atom. The summed E-state index contributed by atoms with van der Waals surface area (Å²) in [6.07, 6.45) is 4.38. The van der Waals surface area contributed by atoms with Crippen LogP contribution < -0.4 is 11.1 Å². The molecule has 0 saturated heterocycles. The average molecular weight is 293 g/mol. The first-order valence-electron chi connectivity index (χ1n) is 7.26. The summed E-state index contributed by atoms with van der Waals surface area (Å²) in [5.41, 5.74) is 6.87. The van der Waals surface area contributed by atoms with E-state index < -0.39 is 4.92 Å². The van der Waals surface area contributed by atoms with Crippen molar-refractivity contribution in [3.8, 4) is 0 Å². The van der Waals surface area contributed by atoms with Crippen molar-refractivity contribution in [1.82, 2.24) is 5.32 Å². The monoisotopic (exact) mass is 293 g/mol. The number of benzene rings is 1. The molecule has 0 aromatic heterocycles. The molecule has 1 aromatic rings. The van der Waals surface area contributed by atoms with Gasteiger partial charge in [-0.2, -0.15) is 0 Å². The zero-order valence-electron chi connectivity index (χ0n) is 12.4. The minimum atomic E-state index is -0.405. The van der Waals surface area contributed by atoms with Crippen LogP contribution in [0.4, 0.5) is 5.69 Å². The number of nitro groups is 1. The Labute approximate surface area is 124 Å². The highest BCUT2D eigenvalue weighted by Gasteiger charge is 2.13. The molecule has 1 amide bonds. The normalized spacial score (nSPS) is 10.4. The number of nitrogens with one attached hydrogen (secondary N) is 1. The molecule has 0 saturated carbocycles. The number of nitro benzene ring substituents is 1. The lowest BCUT2D eigenvalue weighted by molar-refractivity contribution is -0.385. The molecule has 0 unspecified atom stereocenters. The summed E-state index contributed by atoms with van der Waals surface area (Å²) >= 11 is 0. The van der Waals surface area contributed by atoms with Crippen LogP contribution in [0.3, 0.4) is 0 Å². The SMILES string of the molecule is Cc1c(CNC(=O)CCCCCCN)cccc1[N+](=O)[O-]. The molecule has 1 aromatic carbocycles. The highest BCUT2D eigenvalue weighted by Crippen LogP contribution is 2.20. The van der Waals surface area contributed by atoms with Crippen molar-refractivity contribution in [2.24, 2.45) is 5.73 Å². The number of nitrogens with two attached hydrogens (primary N) is 1. The second kappa shape index (κ2) is 9.07. The van der Waals surface area contributed by atoms with Crippen LogP contribution in [0.1, 0.15) is 43.2 Å². The molecular weight excluding hydrogens is 270 g/mol. The van der Waals surface area contributed by atoms with Gasteiger partial charge in [-0.05, 0) is 31.9 Å². The Morgan fingerprint density at radius 3 is 2.67 bits per heavy atom. The van der Waals surface area contributed by atoms with Crippen LogP contribution in [0, 0.1) is 17.0 Å². The van der Waals surface area contributed by atoms with Gasteiger partial charge >= 0.3 is 0 Å². The van der Waals surface area contributed by atoms with Gasteiger partial charge in [-0.15, -0.1) is 0 Å². The first kappa shape index (κ1) is 17.1. The largest absolute Gasteiger partial charge is 0.352 e. The van der Waals surface area contributed by atoms with E-state index in [9.17, 15) is 14.9 Å². The van der Waals surface area contributed by atoms with Gasteiger partial charge in [-0.1, -0.05) is 25.0 Å². The summed E-state index contributed by atoms with van der Waals surface area (Å²) in [5.74, 6) is -0.0198. The minimum Gasteiger partial charge on any atom is -0.352 e. The molecule has 0 aliphatic carbocycles. The average Bonchev–Trinajstić information content (AvgIpc) is 2.45. The maximum Gasteiger partial charge on any atom is 0.272 e. The van der Waals surface area contributed by atoms with Gasteiger partial charge in [-0.25, -0.2) is 0 Å². The second-order valence-electron chi connectivity index (χ2n) is 5.05. The van der Waals surface area contributed by atoms with Gasteiger partial charge in [0.1, 0.15) is 0 Å². The molecule has 0 aliphatic rings. The van der Waals surface area contributed by atoms with E-state index >= 15 is 0 Å². The van der Waals surface area contributed by atoms with Crippen LogP contribution in [-0.2, 0) is 11.3 Å². The van der Waals surface area contributed by atoms with E-state index in [1.54, 1.807) is 19.1 Å². The summed E-state index contributed by atoms with van der Waals surface area (Å²) in [6, 6.07) is 4.90. The van der Waals surface area contributed by atoms with Crippen molar-refractivity contribution in [3.63, 3.8) is 0 Å². The van der Waals surface area contributed by atoms with Crippen LogP contribution in [0.15, 0.2) is 18.2 Å². The fourth-order valence-electron chi connectivity index (χ4n) is 2.12. The van der Waals surface area contributed by atoms with E-state index in [0.717, 1.165) is 31.2 Å². The van der Waals surface area contributed by atoms with Gasteiger partial charge in [0.05, 0.1) is 4.92 Å². The van der Waals surface area contributed by atoms with Gasteiger partial charge in [0.25, 0.3) is 5.69 Å². The second-order valence-corrected chi connectivity index (χ2v) is 5.05. The smallest absolute Gasteiger partial charge is 0.272 e. The highest BCUT2D eigenvalue weighted by molar-refractivity contribution is 5.75. The quantitative estimate of drug-likeness (QED) is 0.415. The van der Waals surface area contributed by atoms with E-state index in [0.29, 0.717) is 25.1 Å². The lowest BCUT2D eigenvalue weighted by Gasteiger charge is -2.08. The third-order valence-electron chi connectivity index (χ3n) is 3.45. The van der Waals surface area contributed by atoms with E-state index in [-0.39, 0.29) is 11.6 Å². The molecule has 6 heteroatoms. The summed E-state index contributed by atoms with van der Waals surface area (Å²) in [6.45, 7) is 2.72. The Balaban J connectivity index is 2.39. The molecule has 0 aliphatic heterocycles. The van der Waals surface area contributed by atoms with Crippen molar-refractivity contribution in [1.29, 1.82) is 0 Å². The fourth-order valence-corrected chi connectivity index (χ4v) is 2.12. The number of nitrogens with zero attached hydrogens (tertiary/aromatic N) is 1. The van der Waals surface area contributed by atoms with Gasteiger partial charge in [-0.3, -0.25) is 14.9 Å². The van der Waals surface area contributed by atoms with E-state index in [1.165, 1.54) is 6.07 Å². The Morgan fingerprint density at radius 1 is 1.29 bits per heavy atom. The predicted molar refractivity (Wildman–Crippen MR) is 81.8 cm³/mol. The number of carbonyl (C=O) groups excluding carboxylic acids is 1. The van der Waals surface area contributed by atoms with Crippen molar-refractivity contribution >= 4 is 11.6 Å². The number of amides is 1. The summed E-state index contributed by atoms with van der Waals surface area (Å²) in [5, 5.41) is 13.7. The van der Waals surface area contributed by atoms with Crippen LogP contribution >= 0.6 is 0 Å². The maximum atomic E-state index is 11.7.